The third-order valence-electron chi connectivity index (χ3n) is 3.89. The maximum Gasteiger partial charge on any atom is 0.284 e. The van der Waals surface area contributed by atoms with Crippen LogP contribution >= 0.6 is 0 Å². The Labute approximate surface area is 144 Å². The normalized spacial score (nSPS) is 17.4. The van der Waals surface area contributed by atoms with E-state index in [4.69, 9.17) is 0 Å². The highest BCUT2D eigenvalue weighted by molar-refractivity contribution is 7.86. The minimum Gasteiger partial charge on any atom is -0.268 e. The van der Waals surface area contributed by atoms with Gasteiger partial charge in [-0.1, -0.05) is 36.4 Å². The molecule has 0 spiro atoms. The Balaban J connectivity index is 1.94. The zero-order valence-electron chi connectivity index (χ0n) is 13.6. The fraction of sp³-hybridized carbons (Fsp3) is 0.158. The minimum atomic E-state index is -0.801. The Morgan fingerprint density at radius 3 is 2.04 bits per heavy atom. The summed E-state index contributed by atoms with van der Waals surface area (Å²) in [5, 5.41) is 0. The summed E-state index contributed by atoms with van der Waals surface area (Å²) in [5.74, 6) is 0.216. The zero-order chi connectivity index (χ0) is 17.1. The van der Waals surface area contributed by atoms with Gasteiger partial charge >= 0.3 is 0 Å². The molecular formula is C19H18N2O2S. The third kappa shape index (κ3) is 3.21. The molecule has 0 saturated carbocycles. The van der Waals surface area contributed by atoms with Gasteiger partial charge in [0.2, 0.25) is 0 Å². The molecule has 122 valence electrons. The molecule has 0 unspecified atom stereocenters. The molecular weight excluding hydrogens is 320 g/mol. The molecule has 1 aliphatic rings. The Morgan fingerprint density at radius 1 is 0.917 bits per heavy atom. The summed E-state index contributed by atoms with van der Waals surface area (Å²) in [4.78, 5) is 25.3. The van der Waals surface area contributed by atoms with Gasteiger partial charge in [0.25, 0.3) is 11.8 Å². The second kappa shape index (κ2) is 6.93. The first kappa shape index (κ1) is 16.3. The van der Waals surface area contributed by atoms with E-state index in [1.165, 1.54) is 0 Å². The fourth-order valence-corrected chi connectivity index (χ4v) is 4.38. The number of carbonyl (C=O) groups excluding carboxylic acids is 2. The monoisotopic (exact) mass is 338 g/mol. The maximum atomic E-state index is 12.9. The highest BCUT2D eigenvalue weighted by Crippen LogP contribution is 2.26. The van der Waals surface area contributed by atoms with Crippen molar-refractivity contribution in [3.8, 4) is 0 Å². The van der Waals surface area contributed by atoms with Crippen molar-refractivity contribution in [2.75, 3.05) is 5.75 Å². The van der Waals surface area contributed by atoms with Crippen LogP contribution in [0.1, 0.15) is 34.6 Å². The highest BCUT2D eigenvalue weighted by Gasteiger charge is 2.29. The first-order valence-corrected chi connectivity index (χ1v) is 8.97. The minimum absolute atomic E-state index is 0.113. The van der Waals surface area contributed by atoms with E-state index in [-0.39, 0.29) is 11.8 Å². The number of carbonyl (C=O) groups is 2. The van der Waals surface area contributed by atoms with Crippen molar-refractivity contribution in [3.05, 3.63) is 83.1 Å². The molecule has 0 saturated heterocycles. The summed E-state index contributed by atoms with van der Waals surface area (Å²) in [6.07, 6.45) is 0. The summed E-state index contributed by atoms with van der Waals surface area (Å²) < 4.78 is 5.99. The van der Waals surface area contributed by atoms with Gasteiger partial charge in [0.15, 0.2) is 0 Å². The van der Waals surface area contributed by atoms with Crippen LogP contribution in [0.4, 0.5) is 0 Å². The topological polar surface area (TPSA) is 49.7 Å². The lowest BCUT2D eigenvalue weighted by Crippen LogP contribution is -2.28. The molecule has 1 aliphatic heterocycles. The molecule has 0 fully saturated rings. The summed E-state index contributed by atoms with van der Waals surface area (Å²) >= 11 is 0. The smallest absolute Gasteiger partial charge is 0.268 e. The molecule has 2 aromatic rings. The van der Waals surface area contributed by atoms with Crippen LogP contribution < -0.4 is 0 Å². The van der Waals surface area contributed by atoms with Crippen molar-refractivity contribution in [2.24, 2.45) is 4.36 Å². The number of hydrogen-bond donors (Lipinski definition) is 0. The average Bonchev–Trinajstić information content (AvgIpc) is 2.89. The Morgan fingerprint density at radius 2 is 1.46 bits per heavy atom. The molecule has 4 nitrogen and oxygen atoms in total. The fourth-order valence-electron chi connectivity index (χ4n) is 2.44. The van der Waals surface area contributed by atoms with E-state index in [9.17, 15) is 9.59 Å². The summed E-state index contributed by atoms with van der Waals surface area (Å²) in [5.41, 5.74) is 3.12. The van der Waals surface area contributed by atoms with E-state index in [2.05, 4.69) is 4.36 Å². The molecule has 2 amide bonds. The van der Waals surface area contributed by atoms with Crippen LogP contribution in [0.2, 0.25) is 0 Å². The van der Waals surface area contributed by atoms with Crippen molar-refractivity contribution in [2.45, 2.75) is 13.8 Å². The number of hydrogen-bond acceptors (Lipinski definition) is 2. The zero-order valence-corrected chi connectivity index (χ0v) is 14.4. The van der Waals surface area contributed by atoms with E-state index in [1.54, 1.807) is 28.6 Å². The number of nitrogens with zero attached hydrogens (tertiary/aromatic N) is 2. The molecule has 0 radical (unpaired) electrons. The van der Waals surface area contributed by atoms with Gasteiger partial charge in [0, 0.05) is 33.5 Å². The van der Waals surface area contributed by atoms with Gasteiger partial charge in [-0.3, -0.25) is 9.59 Å². The molecule has 24 heavy (non-hydrogen) atoms. The van der Waals surface area contributed by atoms with Crippen LogP contribution in [0.15, 0.2) is 76.3 Å². The van der Waals surface area contributed by atoms with Crippen molar-refractivity contribution in [3.63, 3.8) is 0 Å². The first-order chi connectivity index (χ1) is 11.6. The van der Waals surface area contributed by atoms with E-state index >= 15 is 0 Å². The Bertz CT molecular complexity index is 842. The molecule has 0 bridgehead atoms. The van der Waals surface area contributed by atoms with E-state index in [0.717, 1.165) is 11.3 Å². The number of amides is 2. The second-order valence-electron chi connectivity index (χ2n) is 5.58. The van der Waals surface area contributed by atoms with E-state index in [0.29, 0.717) is 16.9 Å². The van der Waals surface area contributed by atoms with E-state index in [1.807, 2.05) is 50.2 Å². The summed E-state index contributed by atoms with van der Waals surface area (Å²) in [7, 11) is -0.801. The number of allylic oxidation sites excluding steroid dienone is 1. The molecule has 5 heteroatoms. The van der Waals surface area contributed by atoms with Crippen LogP contribution in [0.3, 0.4) is 0 Å². The first-order valence-electron chi connectivity index (χ1n) is 7.66. The molecule has 0 aliphatic carbocycles. The van der Waals surface area contributed by atoms with Crippen molar-refractivity contribution in [1.82, 2.24) is 4.31 Å². The quantitative estimate of drug-likeness (QED) is 0.831. The van der Waals surface area contributed by atoms with Crippen molar-refractivity contribution >= 4 is 22.7 Å². The van der Waals surface area contributed by atoms with Crippen LogP contribution in [-0.2, 0) is 10.9 Å². The largest absolute Gasteiger partial charge is 0.284 e. The van der Waals surface area contributed by atoms with Gasteiger partial charge in [0.1, 0.15) is 0 Å². The molecule has 0 N–H and O–H groups in total. The van der Waals surface area contributed by atoms with Crippen LogP contribution in [0, 0.1) is 0 Å². The van der Waals surface area contributed by atoms with Crippen molar-refractivity contribution < 1.29 is 9.59 Å². The number of benzene rings is 2. The molecule has 1 atom stereocenters. The second-order valence-corrected chi connectivity index (χ2v) is 7.09. The van der Waals surface area contributed by atoms with Gasteiger partial charge in [-0.05, 0) is 43.7 Å². The maximum absolute atomic E-state index is 12.9. The predicted molar refractivity (Wildman–Crippen MR) is 96.4 cm³/mol. The molecule has 2 aromatic carbocycles. The highest BCUT2D eigenvalue weighted by atomic mass is 32.2. The third-order valence-corrected chi connectivity index (χ3v) is 5.82. The standard InChI is InChI=1S/C19H18N2O2S/c1-14-13-24(20-18(22)16-9-5-3-6-10-16)21(15(14)2)19(23)17-11-7-4-8-12-17/h3-12H,13H2,1-2H3/t24-/m1/s1. The number of rotatable bonds is 2. The van der Waals surface area contributed by atoms with E-state index < -0.39 is 10.9 Å². The van der Waals surface area contributed by atoms with Gasteiger partial charge in [-0.15, -0.1) is 0 Å². The van der Waals surface area contributed by atoms with Gasteiger partial charge < -0.3 is 0 Å². The van der Waals surface area contributed by atoms with Gasteiger partial charge in [-0.2, -0.15) is 4.36 Å². The molecule has 1 heterocycles. The summed E-state index contributed by atoms with van der Waals surface area (Å²) in [6.45, 7) is 3.89. The van der Waals surface area contributed by atoms with Crippen LogP contribution in [0.5, 0.6) is 0 Å². The van der Waals surface area contributed by atoms with Crippen LogP contribution in [-0.4, -0.2) is 21.9 Å². The van der Waals surface area contributed by atoms with Gasteiger partial charge in [-0.25, -0.2) is 4.31 Å². The molecule has 0 aromatic heterocycles. The molecule has 3 rings (SSSR count). The SMILES string of the molecule is CC1=C(C)N(C(=O)c2ccccc2)[S@@](=NC(=O)c2ccccc2)C1. The van der Waals surface area contributed by atoms with Gasteiger partial charge in [0.05, 0.1) is 0 Å². The predicted octanol–water partition coefficient (Wildman–Crippen LogP) is 3.99. The lowest BCUT2D eigenvalue weighted by molar-refractivity contribution is 0.0897. The Hall–Kier alpha value is -2.53. The lowest BCUT2D eigenvalue weighted by Gasteiger charge is -2.19. The average molecular weight is 338 g/mol. The Kier molecular flexibility index (Phi) is 4.71. The summed E-state index contributed by atoms with van der Waals surface area (Å²) in [6, 6.07) is 18.0. The van der Waals surface area contributed by atoms with Crippen molar-refractivity contribution in [1.29, 1.82) is 0 Å². The van der Waals surface area contributed by atoms with Crippen LogP contribution in [0.25, 0.3) is 0 Å². The lowest BCUT2D eigenvalue weighted by atomic mass is 10.2.